The van der Waals surface area contributed by atoms with Gasteiger partial charge in [-0.05, 0) is 32.4 Å². The van der Waals surface area contributed by atoms with Crippen LogP contribution < -0.4 is 5.32 Å². The van der Waals surface area contributed by atoms with E-state index in [9.17, 15) is 14.7 Å². The molecular formula is C15H16N4O4S. The molecule has 0 aliphatic heterocycles. The van der Waals surface area contributed by atoms with Crippen LogP contribution in [0.15, 0.2) is 12.1 Å². The maximum atomic E-state index is 11.8. The summed E-state index contributed by atoms with van der Waals surface area (Å²) in [5.74, 6) is -1.19. The van der Waals surface area contributed by atoms with Gasteiger partial charge in [0.1, 0.15) is 28.7 Å². The average Bonchev–Trinajstić information content (AvgIpc) is 2.94. The van der Waals surface area contributed by atoms with Gasteiger partial charge in [0, 0.05) is 6.42 Å². The number of hydrogen-bond acceptors (Lipinski definition) is 7. The van der Waals surface area contributed by atoms with Crippen LogP contribution in [-0.2, 0) is 16.0 Å². The lowest BCUT2D eigenvalue weighted by molar-refractivity contribution is -0.139. The largest absolute Gasteiger partial charge is 0.480 e. The van der Waals surface area contributed by atoms with Crippen molar-refractivity contribution in [1.29, 1.82) is 5.26 Å². The fraction of sp³-hybridized carbons (Fsp3) is 0.400. The van der Waals surface area contributed by atoms with Gasteiger partial charge in [-0.1, -0.05) is 6.07 Å². The van der Waals surface area contributed by atoms with E-state index in [0.717, 1.165) is 11.7 Å². The van der Waals surface area contributed by atoms with E-state index < -0.39 is 23.7 Å². The number of fused-ring (bicyclic) bond motifs is 1. The quantitative estimate of drug-likeness (QED) is 0.866. The van der Waals surface area contributed by atoms with Crippen molar-refractivity contribution in [1.82, 2.24) is 14.1 Å². The molecule has 0 aliphatic rings. The first-order valence-electron chi connectivity index (χ1n) is 7.08. The first-order chi connectivity index (χ1) is 11.2. The Morgan fingerprint density at radius 2 is 2.04 bits per heavy atom. The average molecular weight is 348 g/mol. The molecule has 0 fully saturated rings. The molecule has 0 aliphatic carbocycles. The maximum absolute atomic E-state index is 11.8. The number of aliphatic carboxylic acids is 1. The molecule has 8 nitrogen and oxygen atoms in total. The number of alkyl carbamates (subject to hydrolysis) is 1. The predicted octanol–water partition coefficient (Wildman–Crippen LogP) is 2.08. The number of benzene rings is 1. The Kier molecular flexibility index (Phi) is 4.99. The molecule has 0 saturated carbocycles. The molecule has 24 heavy (non-hydrogen) atoms. The number of ether oxygens (including phenoxy) is 1. The summed E-state index contributed by atoms with van der Waals surface area (Å²) in [5, 5.41) is 20.7. The number of carboxylic acids is 1. The fourth-order valence-electron chi connectivity index (χ4n) is 2.04. The summed E-state index contributed by atoms with van der Waals surface area (Å²) in [4.78, 5) is 23.3. The molecule has 1 atom stereocenters. The van der Waals surface area contributed by atoms with Crippen molar-refractivity contribution < 1.29 is 19.4 Å². The van der Waals surface area contributed by atoms with E-state index in [1.165, 1.54) is 0 Å². The second kappa shape index (κ2) is 6.80. The van der Waals surface area contributed by atoms with E-state index in [1.54, 1.807) is 32.9 Å². The van der Waals surface area contributed by atoms with Gasteiger partial charge in [0.05, 0.1) is 17.3 Å². The number of rotatable bonds is 4. The highest BCUT2D eigenvalue weighted by molar-refractivity contribution is 7.00. The number of carbonyl (C=O) groups is 2. The molecule has 0 bridgehead atoms. The van der Waals surface area contributed by atoms with Crippen LogP contribution >= 0.6 is 11.7 Å². The van der Waals surface area contributed by atoms with Gasteiger partial charge in [-0.25, -0.2) is 9.59 Å². The molecule has 2 N–H and O–H groups in total. The van der Waals surface area contributed by atoms with Crippen LogP contribution in [0.25, 0.3) is 11.0 Å². The number of amides is 1. The standard InChI is InChI=1S/C15H16N4O4S/c1-15(2,3)23-14(22)17-10(13(20)21)6-8-4-5-9(7-16)12-11(8)18-24-19-12/h4-5,10H,6H2,1-3H3,(H,17,22)(H,20,21). The second-order valence-corrected chi connectivity index (χ2v) is 6.62. The zero-order valence-electron chi connectivity index (χ0n) is 13.4. The van der Waals surface area contributed by atoms with Gasteiger partial charge in [-0.15, -0.1) is 0 Å². The lowest BCUT2D eigenvalue weighted by Crippen LogP contribution is -2.44. The van der Waals surface area contributed by atoms with Gasteiger partial charge >= 0.3 is 12.1 Å². The Balaban J connectivity index is 2.23. The van der Waals surface area contributed by atoms with Gasteiger partial charge in [-0.3, -0.25) is 0 Å². The minimum atomic E-state index is -1.19. The molecule has 1 aromatic heterocycles. The highest BCUT2D eigenvalue weighted by Crippen LogP contribution is 2.22. The molecule has 2 aromatic rings. The summed E-state index contributed by atoms with van der Waals surface area (Å²) in [7, 11) is 0. The normalized spacial score (nSPS) is 12.4. The van der Waals surface area contributed by atoms with Crippen molar-refractivity contribution in [3.8, 4) is 6.07 Å². The third kappa shape index (κ3) is 4.17. The Hall–Kier alpha value is -2.73. The Morgan fingerprint density at radius 3 is 2.62 bits per heavy atom. The fourth-order valence-corrected chi connectivity index (χ4v) is 2.64. The summed E-state index contributed by atoms with van der Waals surface area (Å²) >= 11 is 0.943. The zero-order chi connectivity index (χ0) is 17.9. The van der Waals surface area contributed by atoms with Gasteiger partial charge in [0.15, 0.2) is 0 Å². The molecule has 0 spiro atoms. The molecule has 9 heteroatoms. The number of carbonyl (C=O) groups excluding carboxylic acids is 1. The van der Waals surface area contributed by atoms with Crippen molar-refractivity contribution in [2.75, 3.05) is 0 Å². The van der Waals surface area contributed by atoms with Crippen molar-refractivity contribution >= 4 is 34.8 Å². The van der Waals surface area contributed by atoms with Gasteiger partial charge in [-0.2, -0.15) is 14.0 Å². The predicted molar refractivity (Wildman–Crippen MR) is 86.6 cm³/mol. The third-order valence-electron chi connectivity index (χ3n) is 3.03. The van der Waals surface area contributed by atoms with Crippen LogP contribution in [0.5, 0.6) is 0 Å². The molecular weight excluding hydrogens is 332 g/mol. The molecule has 1 amide bonds. The van der Waals surface area contributed by atoms with Gasteiger partial charge in [0.25, 0.3) is 0 Å². The number of nitriles is 1. The molecule has 0 radical (unpaired) electrons. The molecule has 1 unspecified atom stereocenters. The summed E-state index contributed by atoms with van der Waals surface area (Å²) in [5.41, 5.74) is 1.13. The van der Waals surface area contributed by atoms with E-state index in [0.29, 0.717) is 22.2 Å². The van der Waals surface area contributed by atoms with Crippen LogP contribution in [0.4, 0.5) is 4.79 Å². The van der Waals surface area contributed by atoms with Crippen LogP contribution in [0.2, 0.25) is 0 Å². The van der Waals surface area contributed by atoms with E-state index in [2.05, 4.69) is 14.1 Å². The first-order valence-corrected chi connectivity index (χ1v) is 7.81. The zero-order valence-corrected chi connectivity index (χ0v) is 14.2. The first kappa shape index (κ1) is 17.6. The second-order valence-electron chi connectivity index (χ2n) is 6.09. The SMILES string of the molecule is CC(C)(C)OC(=O)NC(Cc1ccc(C#N)c2nsnc12)C(=O)O. The van der Waals surface area contributed by atoms with E-state index in [-0.39, 0.29) is 6.42 Å². The number of aromatic nitrogens is 2. The summed E-state index contributed by atoms with van der Waals surface area (Å²) in [6.45, 7) is 5.06. The Labute approximate surface area is 142 Å². The van der Waals surface area contributed by atoms with Crippen molar-refractivity contribution in [2.45, 2.75) is 38.8 Å². The van der Waals surface area contributed by atoms with Crippen molar-refractivity contribution in [2.24, 2.45) is 0 Å². The highest BCUT2D eigenvalue weighted by Gasteiger charge is 2.25. The number of hydrogen-bond donors (Lipinski definition) is 2. The smallest absolute Gasteiger partial charge is 0.408 e. The lowest BCUT2D eigenvalue weighted by atomic mass is 10.0. The van der Waals surface area contributed by atoms with E-state index in [1.807, 2.05) is 6.07 Å². The summed E-state index contributed by atoms with van der Waals surface area (Å²) in [6, 6.07) is 4.01. The third-order valence-corrected chi connectivity index (χ3v) is 3.56. The monoisotopic (exact) mass is 348 g/mol. The van der Waals surface area contributed by atoms with E-state index in [4.69, 9.17) is 10.00 Å². The summed E-state index contributed by atoms with van der Waals surface area (Å²) < 4.78 is 13.3. The van der Waals surface area contributed by atoms with Gasteiger partial charge < -0.3 is 15.2 Å². The van der Waals surface area contributed by atoms with Crippen molar-refractivity contribution in [3.05, 3.63) is 23.3 Å². The maximum Gasteiger partial charge on any atom is 0.408 e. The highest BCUT2D eigenvalue weighted by atomic mass is 32.1. The van der Waals surface area contributed by atoms with E-state index >= 15 is 0 Å². The van der Waals surface area contributed by atoms with Crippen LogP contribution in [-0.4, -0.2) is 37.6 Å². The molecule has 2 rings (SSSR count). The Morgan fingerprint density at radius 1 is 1.38 bits per heavy atom. The van der Waals surface area contributed by atoms with Crippen LogP contribution in [0.3, 0.4) is 0 Å². The van der Waals surface area contributed by atoms with Crippen LogP contribution in [0.1, 0.15) is 31.9 Å². The number of carboxylic acid groups (broad SMARTS) is 1. The van der Waals surface area contributed by atoms with Crippen LogP contribution in [0, 0.1) is 11.3 Å². The topological polar surface area (TPSA) is 125 Å². The lowest BCUT2D eigenvalue weighted by Gasteiger charge is -2.22. The Bertz CT molecular complexity index is 819. The number of nitrogens with zero attached hydrogens (tertiary/aromatic N) is 3. The molecule has 0 saturated heterocycles. The number of nitrogens with one attached hydrogen (secondary N) is 1. The minimum absolute atomic E-state index is 0.00218. The van der Waals surface area contributed by atoms with Crippen molar-refractivity contribution in [3.63, 3.8) is 0 Å². The molecule has 1 aromatic carbocycles. The molecule has 126 valence electrons. The van der Waals surface area contributed by atoms with Gasteiger partial charge in [0.2, 0.25) is 0 Å². The summed E-state index contributed by atoms with van der Waals surface area (Å²) in [6.07, 6.45) is -0.807. The minimum Gasteiger partial charge on any atom is -0.480 e. The molecule has 1 heterocycles.